The maximum Gasteiger partial charge on any atom is 0.254 e. The average molecular weight is 562 g/mol. The summed E-state index contributed by atoms with van der Waals surface area (Å²) in [6, 6.07) is 16.5. The Morgan fingerprint density at radius 3 is 2.34 bits per heavy atom. The van der Waals surface area contributed by atoms with E-state index in [1.165, 1.54) is 0 Å². The SMILES string of the molecule is COc1cccc(C(=O)N(CC(=O)N2CCCN(c3ccc(-c4ccc(OC)cc4OC)nn3)CC2)CC(C)C)c1. The number of amides is 2. The van der Waals surface area contributed by atoms with Gasteiger partial charge in [0.1, 0.15) is 23.8 Å². The first-order valence-corrected chi connectivity index (χ1v) is 13.8. The lowest BCUT2D eigenvalue weighted by molar-refractivity contribution is -0.131. The van der Waals surface area contributed by atoms with E-state index in [1.807, 2.05) is 49.1 Å². The molecule has 0 unspecified atom stereocenters. The Hall–Kier alpha value is -4.34. The highest BCUT2D eigenvalue weighted by atomic mass is 16.5. The predicted octanol–water partition coefficient (Wildman–Crippen LogP) is 4.01. The van der Waals surface area contributed by atoms with Crippen LogP contribution in [0.25, 0.3) is 11.3 Å². The van der Waals surface area contributed by atoms with Crippen molar-refractivity contribution >= 4 is 17.6 Å². The van der Waals surface area contributed by atoms with Crippen molar-refractivity contribution in [3.63, 3.8) is 0 Å². The number of hydrogen-bond acceptors (Lipinski definition) is 8. The Morgan fingerprint density at radius 1 is 0.878 bits per heavy atom. The molecule has 0 saturated carbocycles. The van der Waals surface area contributed by atoms with Crippen LogP contribution in [0.15, 0.2) is 54.6 Å². The summed E-state index contributed by atoms with van der Waals surface area (Å²) < 4.78 is 16.1. The van der Waals surface area contributed by atoms with Gasteiger partial charge in [0, 0.05) is 49.9 Å². The van der Waals surface area contributed by atoms with Crippen molar-refractivity contribution in [3.8, 4) is 28.5 Å². The number of carbonyl (C=O) groups excluding carboxylic acids is 2. The van der Waals surface area contributed by atoms with Crippen molar-refractivity contribution in [2.24, 2.45) is 5.92 Å². The summed E-state index contributed by atoms with van der Waals surface area (Å²) in [5.74, 6) is 2.71. The van der Waals surface area contributed by atoms with E-state index in [9.17, 15) is 9.59 Å². The van der Waals surface area contributed by atoms with Crippen LogP contribution >= 0.6 is 0 Å². The van der Waals surface area contributed by atoms with Crippen LogP contribution in [-0.2, 0) is 4.79 Å². The number of benzene rings is 2. The van der Waals surface area contributed by atoms with Crippen molar-refractivity contribution in [1.82, 2.24) is 20.0 Å². The minimum atomic E-state index is -0.175. The minimum absolute atomic E-state index is 0.0341. The number of rotatable bonds is 10. The molecule has 1 saturated heterocycles. The van der Waals surface area contributed by atoms with Crippen LogP contribution in [0.1, 0.15) is 30.6 Å². The first-order chi connectivity index (χ1) is 19.8. The monoisotopic (exact) mass is 561 g/mol. The van der Waals surface area contributed by atoms with Crippen LogP contribution in [0.2, 0.25) is 0 Å². The molecule has 2 amide bonds. The minimum Gasteiger partial charge on any atom is -0.497 e. The fourth-order valence-corrected chi connectivity index (χ4v) is 4.91. The van der Waals surface area contributed by atoms with Gasteiger partial charge >= 0.3 is 0 Å². The summed E-state index contributed by atoms with van der Waals surface area (Å²) in [6.45, 7) is 7.13. The molecule has 1 fully saturated rings. The van der Waals surface area contributed by atoms with Crippen LogP contribution in [-0.4, -0.2) is 92.4 Å². The third-order valence-corrected chi connectivity index (χ3v) is 7.02. The Kier molecular flexibility index (Phi) is 10.00. The number of methoxy groups -OCH3 is 3. The van der Waals surface area contributed by atoms with Crippen molar-refractivity contribution in [1.29, 1.82) is 0 Å². The highest BCUT2D eigenvalue weighted by Gasteiger charge is 2.25. The van der Waals surface area contributed by atoms with E-state index in [4.69, 9.17) is 14.2 Å². The lowest BCUT2D eigenvalue weighted by Crippen LogP contribution is -2.45. The maximum absolute atomic E-state index is 13.4. The normalized spacial score (nSPS) is 13.5. The molecule has 1 aromatic heterocycles. The molecule has 1 aliphatic rings. The van der Waals surface area contributed by atoms with E-state index in [-0.39, 0.29) is 24.3 Å². The van der Waals surface area contributed by atoms with Crippen LogP contribution in [0.3, 0.4) is 0 Å². The molecule has 1 aliphatic heterocycles. The molecule has 2 aromatic carbocycles. The van der Waals surface area contributed by atoms with E-state index in [0.717, 1.165) is 24.3 Å². The van der Waals surface area contributed by atoms with Crippen LogP contribution in [0.4, 0.5) is 5.82 Å². The lowest BCUT2D eigenvalue weighted by Gasteiger charge is -2.28. The van der Waals surface area contributed by atoms with Gasteiger partial charge in [0.2, 0.25) is 5.91 Å². The zero-order valence-corrected chi connectivity index (χ0v) is 24.5. The largest absolute Gasteiger partial charge is 0.497 e. The molecule has 3 aromatic rings. The van der Waals surface area contributed by atoms with Crippen LogP contribution < -0.4 is 19.1 Å². The summed E-state index contributed by atoms with van der Waals surface area (Å²) >= 11 is 0. The van der Waals surface area contributed by atoms with E-state index in [1.54, 1.807) is 50.5 Å². The number of anilines is 1. The molecule has 0 radical (unpaired) electrons. The Bertz CT molecular complexity index is 1330. The first kappa shape index (κ1) is 29.6. The third kappa shape index (κ3) is 7.45. The van der Waals surface area contributed by atoms with E-state index in [0.29, 0.717) is 54.7 Å². The van der Waals surface area contributed by atoms with Gasteiger partial charge in [-0.1, -0.05) is 19.9 Å². The number of hydrogen-bond donors (Lipinski definition) is 0. The molecule has 0 atom stereocenters. The molecule has 4 rings (SSSR count). The molecule has 2 heterocycles. The zero-order valence-electron chi connectivity index (χ0n) is 24.5. The Morgan fingerprint density at radius 2 is 1.66 bits per heavy atom. The summed E-state index contributed by atoms with van der Waals surface area (Å²) in [6.07, 6.45) is 0.787. The number of ether oxygens (including phenoxy) is 3. The lowest BCUT2D eigenvalue weighted by atomic mass is 10.1. The predicted molar refractivity (Wildman–Crippen MR) is 158 cm³/mol. The summed E-state index contributed by atoms with van der Waals surface area (Å²) in [4.78, 5) is 32.4. The first-order valence-electron chi connectivity index (χ1n) is 13.8. The molecule has 0 aliphatic carbocycles. The standard InChI is InChI=1S/C31H39N5O5/c1-22(2)20-36(31(38)23-8-6-9-24(18-23)39-3)21-30(37)35-15-7-14-34(16-17-35)29-13-12-27(32-33-29)26-11-10-25(40-4)19-28(26)41-5/h6,8-13,18-19,22H,7,14-17,20-21H2,1-5H3. The quantitative estimate of drug-likeness (QED) is 0.366. The maximum atomic E-state index is 13.4. The van der Waals surface area contributed by atoms with Crippen LogP contribution in [0.5, 0.6) is 17.2 Å². The van der Waals surface area contributed by atoms with Crippen molar-refractivity contribution in [2.45, 2.75) is 20.3 Å². The van der Waals surface area contributed by atoms with Crippen molar-refractivity contribution in [2.75, 3.05) is 65.5 Å². The Labute approximate surface area is 241 Å². The van der Waals surface area contributed by atoms with Crippen LogP contribution in [0, 0.1) is 5.92 Å². The van der Waals surface area contributed by atoms with Gasteiger partial charge in [-0.2, -0.15) is 0 Å². The molecule has 41 heavy (non-hydrogen) atoms. The fourth-order valence-electron chi connectivity index (χ4n) is 4.91. The van der Waals surface area contributed by atoms with Crippen molar-refractivity contribution in [3.05, 3.63) is 60.2 Å². The second-order valence-corrected chi connectivity index (χ2v) is 10.4. The molecule has 218 valence electrons. The van der Waals surface area contributed by atoms with Gasteiger partial charge in [-0.05, 0) is 54.8 Å². The number of carbonyl (C=O) groups is 2. The smallest absolute Gasteiger partial charge is 0.254 e. The molecule has 10 heteroatoms. The molecule has 10 nitrogen and oxygen atoms in total. The molecule has 0 bridgehead atoms. The van der Waals surface area contributed by atoms with Gasteiger partial charge in [0.25, 0.3) is 5.91 Å². The molecular formula is C31H39N5O5. The zero-order chi connectivity index (χ0) is 29.4. The second kappa shape index (κ2) is 13.8. The van der Waals surface area contributed by atoms with E-state index >= 15 is 0 Å². The van der Waals surface area contributed by atoms with Gasteiger partial charge in [0.15, 0.2) is 5.82 Å². The summed E-state index contributed by atoms with van der Waals surface area (Å²) in [5, 5.41) is 8.94. The second-order valence-electron chi connectivity index (χ2n) is 10.4. The molecule has 0 N–H and O–H groups in total. The topological polar surface area (TPSA) is 97.3 Å². The number of nitrogens with zero attached hydrogens (tertiary/aromatic N) is 5. The van der Waals surface area contributed by atoms with E-state index < -0.39 is 0 Å². The highest BCUT2D eigenvalue weighted by Crippen LogP contribution is 2.32. The van der Waals surface area contributed by atoms with Crippen molar-refractivity contribution < 1.29 is 23.8 Å². The highest BCUT2D eigenvalue weighted by molar-refractivity contribution is 5.96. The average Bonchev–Trinajstić information content (AvgIpc) is 3.26. The van der Waals surface area contributed by atoms with Gasteiger partial charge in [0.05, 0.1) is 27.0 Å². The Balaban J connectivity index is 1.40. The van der Waals surface area contributed by atoms with Gasteiger partial charge < -0.3 is 28.9 Å². The number of aromatic nitrogens is 2. The molecular weight excluding hydrogens is 522 g/mol. The molecule has 0 spiro atoms. The summed E-state index contributed by atoms with van der Waals surface area (Å²) in [5.41, 5.74) is 2.04. The van der Waals surface area contributed by atoms with Gasteiger partial charge in [-0.25, -0.2) is 0 Å². The van der Waals surface area contributed by atoms with Gasteiger partial charge in [-0.3, -0.25) is 9.59 Å². The fraction of sp³-hybridized carbons (Fsp3) is 0.419. The summed E-state index contributed by atoms with van der Waals surface area (Å²) in [7, 11) is 4.79. The van der Waals surface area contributed by atoms with E-state index in [2.05, 4.69) is 15.1 Å². The third-order valence-electron chi connectivity index (χ3n) is 7.02. The van der Waals surface area contributed by atoms with Gasteiger partial charge in [-0.15, -0.1) is 10.2 Å².